The Morgan fingerprint density at radius 2 is 1.86 bits per heavy atom. The molecule has 22 heavy (non-hydrogen) atoms. The van der Waals surface area contributed by atoms with Crippen molar-refractivity contribution in [3.63, 3.8) is 0 Å². The molecule has 2 aromatic heterocycles. The van der Waals surface area contributed by atoms with Crippen molar-refractivity contribution in [2.45, 2.75) is 12.8 Å². The number of aromatic nitrogens is 2. The summed E-state index contributed by atoms with van der Waals surface area (Å²) in [4.78, 5) is 36.4. The molecule has 0 saturated carbocycles. The van der Waals surface area contributed by atoms with E-state index in [2.05, 4.69) is 15.5 Å². The quantitative estimate of drug-likeness (QED) is 0.685. The third kappa shape index (κ3) is 2.99. The molecule has 0 spiro atoms. The first-order chi connectivity index (χ1) is 10.6. The van der Waals surface area contributed by atoms with Gasteiger partial charge in [0.05, 0.1) is 10.8 Å². The highest BCUT2D eigenvalue weighted by Crippen LogP contribution is 2.15. The van der Waals surface area contributed by atoms with Gasteiger partial charge in [0.25, 0.3) is 11.1 Å². The normalized spacial score (nSPS) is 10.7. The Morgan fingerprint density at radius 1 is 1.09 bits per heavy atom. The molecule has 112 valence electrons. The van der Waals surface area contributed by atoms with Crippen molar-refractivity contribution in [3.05, 3.63) is 61.3 Å². The van der Waals surface area contributed by atoms with Gasteiger partial charge in [-0.25, -0.2) is 0 Å². The lowest BCUT2D eigenvalue weighted by Crippen LogP contribution is -2.19. The topological polar surface area (TPSA) is 94.8 Å². The van der Waals surface area contributed by atoms with E-state index in [9.17, 15) is 14.4 Å². The first kappa shape index (κ1) is 14.3. The van der Waals surface area contributed by atoms with Crippen LogP contribution in [0, 0.1) is 0 Å². The Morgan fingerprint density at radius 3 is 2.59 bits per heavy atom. The minimum atomic E-state index is -0.399. The minimum Gasteiger partial charge on any atom is -0.326 e. The van der Waals surface area contributed by atoms with E-state index in [1.807, 2.05) is 17.5 Å². The van der Waals surface area contributed by atoms with E-state index >= 15 is 0 Å². The van der Waals surface area contributed by atoms with Crippen LogP contribution in [0.4, 0.5) is 5.69 Å². The maximum atomic E-state index is 11.9. The summed E-state index contributed by atoms with van der Waals surface area (Å²) >= 11 is 1.61. The summed E-state index contributed by atoms with van der Waals surface area (Å²) in [6.07, 6.45) is 1.04. The third-order valence-electron chi connectivity index (χ3n) is 3.26. The summed E-state index contributed by atoms with van der Waals surface area (Å²) < 4.78 is 0. The van der Waals surface area contributed by atoms with Crippen LogP contribution in [0.1, 0.15) is 11.3 Å². The van der Waals surface area contributed by atoms with E-state index in [1.54, 1.807) is 17.4 Å². The largest absolute Gasteiger partial charge is 0.326 e. The third-order valence-corrected chi connectivity index (χ3v) is 4.20. The van der Waals surface area contributed by atoms with Crippen LogP contribution >= 0.6 is 11.3 Å². The van der Waals surface area contributed by atoms with Gasteiger partial charge in [-0.3, -0.25) is 24.6 Å². The molecular formula is C15H13N3O3S. The van der Waals surface area contributed by atoms with Gasteiger partial charge in [-0.1, -0.05) is 6.07 Å². The number of hydrogen-bond donors (Lipinski definition) is 3. The average molecular weight is 315 g/mol. The molecule has 0 fully saturated rings. The van der Waals surface area contributed by atoms with Crippen LogP contribution in [0.15, 0.2) is 45.3 Å². The number of carbonyl (C=O) groups is 1. The molecule has 0 atom stereocenters. The van der Waals surface area contributed by atoms with Crippen LogP contribution in [0.25, 0.3) is 10.8 Å². The molecule has 3 aromatic rings. The lowest BCUT2D eigenvalue weighted by molar-refractivity contribution is -0.116. The van der Waals surface area contributed by atoms with E-state index in [4.69, 9.17) is 0 Å². The Balaban J connectivity index is 1.76. The SMILES string of the molecule is O=C(CCc1cccs1)Nc1ccc2c(=O)[nH][nH]c(=O)c2c1. The van der Waals surface area contributed by atoms with Gasteiger partial charge in [0.2, 0.25) is 5.91 Å². The number of amides is 1. The molecule has 0 unspecified atom stereocenters. The Bertz CT molecular complexity index is 925. The van der Waals surface area contributed by atoms with Crippen LogP contribution in [0.2, 0.25) is 0 Å². The van der Waals surface area contributed by atoms with Crippen LogP contribution in [0.3, 0.4) is 0 Å². The minimum absolute atomic E-state index is 0.131. The van der Waals surface area contributed by atoms with Gasteiger partial charge in [-0.2, -0.15) is 0 Å². The molecule has 0 radical (unpaired) electrons. The molecule has 3 N–H and O–H groups in total. The molecule has 0 saturated heterocycles. The van der Waals surface area contributed by atoms with Crippen LogP contribution in [-0.2, 0) is 11.2 Å². The van der Waals surface area contributed by atoms with Gasteiger partial charge >= 0.3 is 0 Å². The Labute approximate surface area is 128 Å². The van der Waals surface area contributed by atoms with Gasteiger partial charge in [-0.15, -0.1) is 11.3 Å². The number of nitrogens with one attached hydrogen (secondary N) is 3. The number of hydrogen-bond acceptors (Lipinski definition) is 4. The Kier molecular flexibility index (Phi) is 3.88. The predicted molar refractivity (Wildman–Crippen MR) is 86.5 cm³/mol. The molecule has 0 aliphatic rings. The number of thiophene rings is 1. The van der Waals surface area contributed by atoms with Crippen molar-refractivity contribution in [3.8, 4) is 0 Å². The summed E-state index contributed by atoms with van der Waals surface area (Å²) in [6.45, 7) is 0. The molecule has 1 aromatic carbocycles. The van der Waals surface area contributed by atoms with E-state index in [0.29, 0.717) is 23.9 Å². The molecule has 0 aliphatic heterocycles. The fourth-order valence-electron chi connectivity index (χ4n) is 2.17. The second-order valence-corrected chi connectivity index (χ2v) is 5.83. The fraction of sp³-hybridized carbons (Fsp3) is 0.133. The van der Waals surface area contributed by atoms with Gasteiger partial charge in [-0.05, 0) is 36.1 Å². The van der Waals surface area contributed by atoms with Crippen LogP contribution < -0.4 is 16.4 Å². The number of rotatable bonds is 4. The average Bonchev–Trinajstić information content (AvgIpc) is 3.03. The summed E-state index contributed by atoms with van der Waals surface area (Å²) in [5.41, 5.74) is -0.269. The molecule has 2 heterocycles. The number of carbonyl (C=O) groups excluding carboxylic acids is 1. The first-order valence-corrected chi connectivity index (χ1v) is 7.58. The number of fused-ring (bicyclic) bond motifs is 1. The Hall–Kier alpha value is -2.67. The maximum absolute atomic E-state index is 11.9. The molecule has 7 heteroatoms. The molecule has 0 bridgehead atoms. The van der Waals surface area contributed by atoms with Crippen molar-refractivity contribution in [2.75, 3.05) is 5.32 Å². The predicted octanol–water partition coefficient (Wildman–Crippen LogP) is 1.85. The molecule has 0 aliphatic carbocycles. The zero-order valence-corrected chi connectivity index (χ0v) is 12.3. The monoisotopic (exact) mass is 315 g/mol. The molecular weight excluding hydrogens is 302 g/mol. The van der Waals surface area contributed by atoms with Gasteiger partial charge in [0.1, 0.15) is 0 Å². The van der Waals surface area contributed by atoms with E-state index < -0.39 is 5.56 Å². The number of H-pyrrole nitrogens is 2. The highest BCUT2D eigenvalue weighted by Gasteiger charge is 2.07. The van der Waals surface area contributed by atoms with Crippen molar-refractivity contribution in [1.82, 2.24) is 10.2 Å². The second-order valence-electron chi connectivity index (χ2n) is 4.80. The van der Waals surface area contributed by atoms with Crippen molar-refractivity contribution >= 4 is 33.7 Å². The lowest BCUT2D eigenvalue weighted by Gasteiger charge is -2.05. The van der Waals surface area contributed by atoms with E-state index in [1.165, 1.54) is 12.1 Å². The zero-order valence-electron chi connectivity index (χ0n) is 11.5. The van der Waals surface area contributed by atoms with E-state index in [0.717, 1.165) is 4.88 Å². The second kappa shape index (κ2) is 5.98. The molecule has 3 rings (SSSR count). The van der Waals surface area contributed by atoms with Gasteiger partial charge < -0.3 is 5.32 Å². The highest BCUT2D eigenvalue weighted by atomic mass is 32.1. The van der Waals surface area contributed by atoms with Crippen LogP contribution in [-0.4, -0.2) is 16.1 Å². The standard InChI is InChI=1S/C15H13N3O3S/c19-13(6-4-10-2-1-7-22-10)16-9-3-5-11-12(8-9)15(21)18-17-14(11)20/h1-3,5,7-8H,4,6H2,(H,16,19)(H,17,20)(H,18,21). The van der Waals surface area contributed by atoms with Gasteiger partial charge in [0, 0.05) is 17.0 Å². The summed E-state index contributed by atoms with van der Waals surface area (Å²) in [7, 11) is 0. The van der Waals surface area contributed by atoms with Crippen molar-refractivity contribution < 1.29 is 4.79 Å². The number of aryl methyl sites for hydroxylation is 1. The summed E-state index contributed by atoms with van der Waals surface area (Å²) in [5.74, 6) is -0.131. The molecule has 1 amide bonds. The summed E-state index contributed by atoms with van der Waals surface area (Å²) in [6, 6.07) is 8.58. The van der Waals surface area contributed by atoms with Crippen molar-refractivity contribution in [2.24, 2.45) is 0 Å². The smallest absolute Gasteiger partial charge is 0.270 e. The highest BCUT2D eigenvalue weighted by molar-refractivity contribution is 7.09. The van der Waals surface area contributed by atoms with Crippen molar-refractivity contribution in [1.29, 1.82) is 0 Å². The number of benzene rings is 1. The van der Waals surface area contributed by atoms with Crippen LogP contribution in [0.5, 0.6) is 0 Å². The first-order valence-electron chi connectivity index (χ1n) is 6.70. The number of aromatic amines is 2. The summed E-state index contributed by atoms with van der Waals surface area (Å²) in [5, 5.41) is 9.78. The van der Waals surface area contributed by atoms with E-state index in [-0.39, 0.29) is 16.9 Å². The lowest BCUT2D eigenvalue weighted by atomic mass is 10.1. The van der Waals surface area contributed by atoms with Gasteiger partial charge in [0.15, 0.2) is 0 Å². The maximum Gasteiger partial charge on any atom is 0.270 e. The molecule has 6 nitrogen and oxygen atoms in total. The zero-order chi connectivity index (χ0) is 15.5. The fourth-order valence-corrected chi connectivity index (χ4v) is 2.88. The number of anilines is 1.